The number of esters is 1. The summed E-state index contributed by atoms with van der Waals surface area (Å²) in [7, 11) is 0. The molecule has 0 aromatic heterocycles. The van der Waals surface area contributed by atoms with Crippen LogP contribution in [-0.4, -0.2) is 36.5 Å². The van der Waals surface area contributed by atoms with Gasteiger partial charge in [-0.05, 0) is 31.2 Å². The van der Waals surface area contributed by atoms with E-state index in [2.05, 4.69) is 15.9 Å². The summed E-state index contributed by atoms with van der Waals surface area (Å²) < 4.78 is 5.73. The number of benzene rings is 1. The Morgan fingerprint density at radius 2 is 1.95 bits per heavy atom. The summed E-state index contributed by atoms with van der Waals surface area (Å²) >= 11 is 3.31. The number of rotatable bonds is 7. The van der Waals surface area contributed by atoms with Crippen molar-refractivity contribution in [1.82, 2.24) is 4.90 Å². The van der Waals surface area contributed by atoms with Crippen molar-refractivity contribution < 1.29 is 14.3 Å². The number of amides is 1. The van der Waals surface area contributed by atoms with Crippen molar-refractivity contribution >= 4 is 27.8 Å². The van der Waals surface area contributed by atoms with Crippen LogP contribution in [-0.2, 0) is 9.53 Å². The van der Waals surface area contributed by atoms with Gasteiger partial charge in [-0.25, -0.2) is 0 Å². The van der Waals surface area contributed by atoms with E-state index in [1.807, 2.05) is 6.07 Å². The highest BCUT2D eigenvalue weighted by Crippen LogP contribution is 2.13. The van der Waals surface area contributed by atoms with Crippen LogP contribution in [0.4, 0.5) is 0 Å². The predicted octanol–water partition coefficient (Wildman–Crippen LogP) is 2.76. The van der Waals surface area contributed by atoms with Gasteiger partial charge in [-0.3, -0.25) is 9.59 Å². The maximum Gasteiger partial charge on any atom is 0.307 e. The van der Waals surface area contributed by atoms with Gasteiger partial charge in [-0.15, -0.1) is 0 Å². The van der Waals surface area contributed by atoms with Crippen LogP contribution in [0.5, 0.6) is 0 Å². The van der Waals surface area contributed by atoms with Crippen molar-refractivity contribution in [2.24, 2.45) is 0 Å². The highest BCUT2D eigenvalue weighted by molar-refractivity contribution is 9.10. The minimum atomic E-state index is -0.344. The Hall–Kier alpha value is -1.87. The van der Waals surface area contributed by atoms with Gasteiger partial charge in [0.2, 0.25) is 0 Å². The second-order valence-corrected chi connectivity index (χ2v) is 5.18. The summed E-state index contributed by atoms with van der Waals surface area (Å²) in [5, 5.41) is 8.68. The average Bonchev–Trinajstić information content (AvgIpc) is 2.48. The number of halogens is 1. The molecule has 0 atom stereocenters. The molecular formula is C15H17BrN2O3. The lowest BCUT2D eigenvalue weighted by molar-refractivity contribution is -0.143. The number of hydrogen-bond acceptors (Lipinski definition) is 4. The van der Waals surface area contributed by atoms with E-state index in [0.29, 0.717) is 18.7 Å². The first-order chi connectivity index (χ1) is 10.1. The van der Waals surface area contributed by atoms with Crippen molar-refractivity contribution in [3.63, 3.8) is 0 Å². The quantitative estimate of drug-likeness (QED) is 0.707. The van der Waals surface area contributed by atoms with E-state index >= 15 is 0 Å². The van der Waals surface area contributed by atoms with E-state index in [0.717, 1.165) is 4.47 Å². The van der Waals surface area contributed by atoms with Crippen molar-refractivity contribution in [1.29, 1.82) is 5.26 Å². The molecule has 1 aromatic rings. The number of hydrogen-bond donors (Lipinski definition) is 0. The Morgan fingerprint density at radius 3 is 2.52 bits per heavy atom. The monoisotopic (exact) mass is 352 g/mol. The zero-order valence-corrected chi connectivity index (χ0v) is 13.4. The van der Waals surface area contributed by atoms with Crippen LogP contribution >= 0.6 is 15.9 Å². The Morgan fingerprint density at radius 1 is 1.29 bits per heavy atom. The number of nitriles is 1. The first-order valence-corrected chi connectivity index (χ1v) is 7.45. The van der Waals surface area contributed by atoms with Crippen LogP contribution in [0.2, 0.25) is 0 Å². The molecule has 0 saturated heterocycles. The largest absolute Gasteiger partial charge is 0.466 e. The zero-order valence-electron chi connectivity index (χ0n) is 11.8. The molecule has 0 radical (unpaired) electrons. The molecule has 0 aliphatic carbocycles. The number of carbonyl (C=O) groups excluding carboxylic acids is 2. The van der Waals surface area contributed by atoms with E-state index in [9.17, 15) is 9.59 Å². The van der Waals surface area contributed by atoms with Gasteiger partial charge in [0.25, 0.3) is 5.91 Å². The van der Waals surface area contributed by atoms with Gasteiger partial charge in [0, 0.05) is 23.1 Å². The number of nitrogens with zero attached hydrogens (tertiary/aromatic N) is 2. The number of carbonyl (C=O) groups is 2. The van der Waals surface area contributed by atoms with Gasteiger partial charge < -0.3 is 9.64 Å². The molecule has 0 N–H and O–H groups in total. The molecule has 0 spiro atoms. The molecule has 0 fully saturated rings. The standard InChI is InChI=1S/C15H17BrN2O3/c1-2-21-14(19)8-11-18(10-3-9-17)15(20)12-4-6-13(16)7-5-12/h4-7H,2-3,8,10-11H2,1H3. The lowest BCUT2D eigenvalue weighted by Crippen LogP contribution is -2.34. The fraction of sp³-hybridized carbons (Fsp3) is 0.400. The van der Waals surface area contributed by atoms with E-state index in [1.54, 1.807) is 31.2 Å². The van der Waals surface area contributed by atoms with Crippen LogP contribution in [0.1, 0.15) is 30.1 Å². The van der Waals surface area contributed by atoms with E-state index in [4.69, 9.17) is 10.00 Å². The second kappa shape index (κ2) is 9.14. The van der Waals surface area contributed by atoms with Crippen LogP contribution in [0.25, 0.3) is 0 Å². The number of ether oxygens (including phenoxy) is 1. The van der Waals surface area contributed by atoms with Gasteiger partial charge >= 0.3 is 5.97 Å². The maximum atomic E-state index is 12.4. The average molecular weight is 353 g/mol. The van der Waals surface area contributed by atoms with Crippen molar-refractivity contribution in [2.45, 2.75) is 19.8 Å². The molecule has 0 bridgehead atoms. The van der Waals surface area contributed by atoms with E-state index in [-0.39, 0.29) is 31.3 Å². The highest BCUT2D eigenvalue weighted by atomic mass is 79.9. The second-order valence-electron chi connectivity index (χ2n) is 4.26. The molecule has 112 valence electrons. The first-order valence-electron chi connectivity index (χ1n) is 6.66. The Kier molecular flexibility index (Phi) is 7.48. The van der Waals surface area contributed by atoms with Crippen LogP contribution in [0.3, 0.4) is 0 Å². The molecule has 0 saturated carbocycles. The Labute approximate surface area is 132 Å². The molecule has 0 aliphatic heterocycles. The maximum absolute atomic E-state index is 12.4. The van der Waals surface area contributed by atoms with Crippen LogP contribution in [0, 0.1) is 11.3 Å². The van der Waals surface area contributed by atoms with Gasteiger partial charge in [0.15, 0.2) is 0 Å². The van der Waals surface area contributed by atoms with Crippen LogP contribution in [0.15, 0.2) is 28.7 Å². The van der Waals surface area contributed by atoms with Gasteiger partial charge in [-0.2, -0.15) is 5.26 Å². The third-order valence-electron chi connectivity index (χ3n) is 2.76. The fourth-order valence-electron chi connectivity index (χ4n) is 1.73. The predicted molar refractivity (Wildman–Crippen MR) is 81.5 cm³/mol. The smallest absolute Gasteiger partial charge is 0.307 e. The van der Waals surface area contributed by atoms with Crippen molar-refractivity contribution in [3.8, 4) is 6.07 Å². The Balaban J connectivity index is 2.71. The third kappa shape index (κ3) is 5.96. The SMILES string of the molecule is CCOC(=O)CCN(CCC#N)C(=O)c1ccc(Br)cc1. The lowest BCUT2D eigenvalue weighted by atomic mass is 10.2. The van der Waals surface area contributed by atoms with Gasteiger partial charge in [-0.1, -0.05) is 15.9 Å². The van der Waals surface area contributed by atoms with Crippen molar-refractivity contribution in [3.05, 3.63) is 34.3 Å². The topological polar surface area (TPSA) is 70.4 Å². The third-order valence-corrected chi connectivity index (χ3v) is 3.29. The zero-order chi connectivity index (χ0) is 15.7. The summed E-state index contributed by atoms with van der Waals surface area (Å²) in [6.45, 7) is 2.59. The van der Waals surface area contributed by atoms with E-state index < -0.39 is 0 Å². The molecule has 0 heterocycles. The molecule has 6 heteroatoms. The minimum absolute atomic E-state index is 0.127. The molecule has 1 aromatic carbocycles. The molecule has 21 heavy (non-hydrogen) atoms. The fourth-order valence-corrected chi connectivity index (χ4v) is 2.00. The molecule has 1 amide bonds. The molecule has 1 rings (SSSR count). The summed E-state index contributed by atoms with van der Waals surface area (Å²) in [5.74, 6) is -0.537. The summed E-state index contributed by atoms with van der Waals surface area (Å²) in [4.78, 5) is 25.3. The highest BCUT2D eigenvalue weighted by Gasteiger charge is 2.17. The molecule has 0 unspecified atom stereocenters. The summed E-state index contributed by atoms with van der Waals surface area (Å²) in [6, 6.07) is 8.98. The van der Waals surface area contributed by atoms with Crippen LogP contribution < -0.4 is 0 Å². The van der Waals surface area contributed by atoms with Gasteiger partial charge in [0.1, 0.15) is 0 Å². The minimum Gasteiger partial charge on any atom is -0.466 e. The molecule has 5 nitrogen and oxygen atoms in total. The summed E-state index contributed by atoms with van der Waals surface area (Å²) in [6.07, 6.45) is 0.354. The lowest BCUT2D eigenvalue weighted by Gasteiger charge is -2.21. The molecular weight excluding hydrogens is 336 g/mol. The Bertz CT molecular complexity index is 523. The van der Waals surface area contributed by atoms with Crippen molar-refractivity contribution in [2.75, 3.05) is 19.7 Å². The van der Waals surface area contributed by atoms with Gasteiger partial charge in [0.05, 0.1) is 25.5 Å². The normalized spacial score (nSPS) is 9.76. The summed E-state index contributed by atoms with van der Waals surface area (Å²) in [5.41, 5.74) is 0.528. The first kappa shape index (κ1) is 17.2. The molecule has 0 aliphatic rings. The van der Waals surface area contributed by atoms with E-state index in [1.165, 1.54) is 4.90 Å².